The first-order valence-corrected chi connectivity index (χ1v) is 7.82. The van der Waals surface area contributed by atoms with Crippen LogP contribution in [0.15, 0.2) is 35.0 Å². The van der Waals surface area contributed by atoms with E-state index in [4.69, 9.17) is 15.2 Å². The first-order valence-electron chi connectivity index (χ1n) is 6.87. The van der Waals surface area contributed by atoms with Crippen molar-refractivity contribution in [3.8, 4) is 11.5 Å². The van der Waals surface area contributed by atoms with E-state index in [0.717, 1.165) is 5.56 Å². The minimum absolute atomic E-state index is 0.178. The van der Waals surface area contributed by atoms with Gasteiger partial charge in [0.1, 0.15) is 0 Å². The van der Waals surface area contributed by atoms with Gasteiger partial charge >= 0.3 is 0 Å². The number of hydrogen-bond acceptors (Lipinski definition) is 5. The number of carbonyl (C=O) groups excluding carboxylic acids is 2. The number of hydrogen-bond donors (Lipinski definition) is 1. The Kier molecular flexibility index (Phi) is 5.59. The Labute approximate surface area is 138 Å². The molecule has 6 nitrogen and oxygen atoms in total. The summed E-state index contributed by atoms with van der Waals surface area (Å²) in [4.78, 5) is 25.2. The van der Waals surface area contributed by atoms with Gasteiger partial charge in [0.2, 0.25) is 0 Å². The fraction of sp³-hybridized carbons (Fsp3) is 0.250. The zero-order valence-corrected chi connectivity index (χ0v) is 13.8. The summed E-state index contributed by atoms with van der Waals surface area (Å²) in [5.74, 6) is -0.315. The molecule has 2 amide bonds. The number of likely N-dealkylation sites (N-methyl/N-ethyl adjacent to an activating group) is 1. The smallest absolute Gasteiger partial charge is 0.260 e. The van der Waals surface area contributed by atoms with Gasteiger partial charge in [0.15, 0.2) is 18.1 Å². The third-order valence-corrected chi connectivity index (χ3v) is 3.96. The SMILES string of the molecule is COc1cccc(C(N)=O)c1OCC(=O)N(C)Cc1ccsc1. The number of methoxy groups -OCH3 is 1. The molecule has 7 heteroatoms. The molecule has 0 aliphatic rings. The standard InChI is InChI=1S/C16H18N2O4S/c1-18(8-11-6-7-23-10-11)14(19)9-22-15-12(16(17)20)4-3-5-13(15)21-2/h3-7,10H,8-9H2,1-2H3,(H2,17,20). The molecule has 1 heterocycles. The molecule has 0 atom stereocenters. The van der Waals surface area contributed by atoms with Gasteiger partial charge in [-0.25, -0.2) is 0 Å². The van der Waals surface area contributed by atoms with E-state index in [0.29, 0.717) is 12.3 Å². The van der Waals surface area contributed by atoms with E-state index in [1.54, 1.807) is 35.4 Å². The van der Waals surface area contributed by atoms with Crippen molar-refractivity contribution in [1.29, 1.82) is 0 Å². The van der Waals surface area contributed by atoms with Crippen molar-refractivity contribution in [3.05, 3.63) is 46.2 Å². The monoisotopic (exact) mass is 334 g/mol. The lowest BCUT2D eigenvalue weighted by Gasteiger charge is -2.18. The van der Waals surface area contributed by atoms with Crippen LogP contribution < -0.4 is 15.2 Å². The molecule has 2 aromatic rings. The van der Waals surface area contributed by atoms with Crippen LogP contribution in [0.4, 0.5) is 0 Å². The molecule has 0 saturated heterocycles. The molecule has 0 aliphatic heterocycles. The van der Waals surface area contributed by atoms with Crippen LogP contribution in [0.1, 0.15) is 15.9 Å². The Balaban J connectivity index is 2.05. The van der Waals surface area contributed by atoms with Crippen LogP contribution >= 0.6 is 11.3 Å². The lowest BCUT2D eigenvalue weighted by atomic mass is 10.2. The minimum atomic E-state index is -0.641. The van der Waals surface area contributed by atoms with Crippen LogP contribution in [0.3, 0.4) is 0 Å². The molecular formula is C16H18N2O4S. The van der Waals surface area contributed by atoms with Crippen molar-refractivity contribution < 1.29 is 19.1 Å². The van der Waals surface area contributed by atoms with E-state index in [9.17, 15) is 9.59 Å². The van der Waals surface area contributed by atoms with Crippen molar-refractivity contribution in [2.24, 2.45) is 5.73 Å². The first-order chi connectivity index (χ1) is 11.0. The normalized spacial score (nSPS) is 10.2. The number of rotatable bonds is 7. The number of benzene rings is 1. The van der Waals surface area contributed by atoms with Crippen LogP contribution in [0.5, 0.6) is 11.5 Å². The summed E-state index contributed by atoms with van der Waals surface area (Å²) in [6.45, 7) is 0.293. The molecule has 122 valence electrons. The number of primary amides is 1. The molecule has 0 spiro atoms. The van der Waals surface area contributed by atoms with E-state index in [1.807, 2.05) is 16.8 Å². The van der Waals surface area contributed by atoms with Crippen molar-refractivity contribution in [2.75, 3.05) is 20.8 Å². The summed E-state index contributed by atoms with van der Waals surface area (Å²) in [7, 11) is 3.15. The van der Waals surface area contributed by atoms with Gasteiger partial charge < -0.3 is 20.1 Å². The highest BCUT2D eigenvalue weighted by Gasteiger charge is 2.17. The van der Waals surface area contributed by atoms with E-state index in [-0.39, 0.29) is 23.8 Å². The Morgan fingerprint density at radius 3 is 2.70 bits per heavy atom. The van der Waals surface area contributed by atoms with Crippen molar-refractivity contribution in [3.63, 3.8) is 0 Å². The molecule has 23 heavy (non-hydrogen) atoms. The number of amides is 2. The molecular weight excluding hydrogens is 316 g/mol. The van der Waals surface area contributed by atoms with Crippen LogP contribution in [-0.4, -0.2) is 37.5 Å². The van der Waals surface area contributed by atoms with Gasteiger partial charge in [-0.2, -0.15) is 11.3 Å². The second kappa shape index (κ2) is 7.64. The molecule has 0 radical (unpaired) electrons. The second-order valence-electron chi connectivity index (χ2n) is 4.87. The number of nitrogens with two attached hydrogens (primary N) is 1. The fourth-order valence-electron chi connectivity index (χ4n) is 2.01. The van der Waals surface area contributed by atoms with E-state index >= 15 is 0 Å². The van der Waals surface area contributed by atoms with E-state index < -0.39 is 5.91 Å². The summed E-state index contributed by atoms with van der Waals surface area (Å²) < 4.78 is 10.7. The maximum absolute atomic E-state index is 12.2. The lowest BCUT2D eigenvalue weighted by molar-refractivity contribution is -0.132. The maximum Gasteiger partial charge on any atom is 0.260 e. The van der Waals surface area contributed by atoms with Crippen molar-refractivity contribution >= 4 is 23.2 Å². The molecule has 0 fully saturated rings. The summed E-state index contributed by atoms with van der Waals surface area (Å²) >= 11 is 1.58. The van der Waals surface area contributed by atoms with Gasteiger partial charge in [-0.15, -0.1) is 0 Å². The third-order valence-electron chi connectivity index (χ3n) is 3.23. The Bertz CT molecular complexity index is 685. The van der Waals surface area contributed by atoms with Crippen LogP contribution in [-0.2, 0) is 11.3 Å². The molecule has 0 saturated carbocycles. The zero-order chi connectivity index (χ0) is 16.8. The predicted molar refractivity (Wildman–Crippen MR) is 87.8 cm³/mol. The maximum atomic E-state index is 12.2. The van der Waals surface area contributed by atoms with Crippen LogP contribution in [0.2, 0.25) is 0 Å². The predicted octanol–water partition coefficient (Wildman–Crippen LogP) is 1.89. The summed E-state index contributed by atoms with van der Waals surface area (Å²) in [5, 5.41) is 3.94. The van der Waals surface area contributed by atoms with Gasteiger partial charge in [0.25, 0.3) is 11.8 Å². The highest BCUT2D eigenvalue weighted by atomic mass is 32.1. The zero-order valence-electron chi connectivity index (χ0n) is 12.9. The lowest BCUT2D eigenvalue weighted by Crippen LogP contribution is -2.31. The second-order valence-corrected chi connectivity index (χ2v) is 5.65. The quantitative estimate of drug-likeness (QED) is 0.838. The van der Waals surface area contributed by atoms with Crippen LogP contribution in [0, 0.1) is 0 Å². The first kappa shape index (κ1) is 16.8. The molecule has 2 N–H and O–H groups in total. The molecule has 0 bridgehead atoms. The summed E-state index contributed by atoms with van der Waals surface area (Å²) in [5.41, 5.74) is 6.56. The number of thiophene rings is 1. The van der Waals surface area contributed by atoms with Gasteiger partial charge in [-0.3, -0.25) is 9.59 Å². The highest BCUT2D eigenvalue weighted by Crippen LogP contribution is 2.30. The Morgan fingerprint density at radius 1 is 1.30 bits per heavy atom. The van der Waals surface area contributed by atoms with Gasteiger partial charge in [0, 0.05) is 13.6 Å². The highest BCUT2D eigenvalue weighted by molar-refractivity contribution is 7.07. The third kappa shape index (κ3) is 4.23. The Hall–Kier alpha value is -2.54. The molecule has 0 aliphatic carbocycles. The van der Waals surface area contributed by atoms with Crippen molar-refractivity contribution in [1.82, 2.24) is 4.90 Å². The molecule has 1 aromatic heterocycles. The average Bonchev–Trinajstić information content (AvgIpc) is 3.04. The number of carbonyl (C=O) groups is 2. The molecule has 2 rings (SSSR count). The fourth-order valence-corrected chi connectivity index (χ4v) is 2.67. The minimum Gasteiger partial charge on any atom is -0.493 e. The van der Waals surface area contributed by atoms with E-state index in [1.165, 1.54) is 13.2 Å². The van der Waals surface area contributed by atoms with Gasteiger partial charge in [-0.1, -0.05) is 6.07 Å². The van der Waals surface area contributed by atoms with E-state index in [2.05, 4.69) is 0 Å². The topological polar surface area (TPSA) is 81.9 Å². The summed E-state index contributed by atoms with van der Waals surface area (Å²) in [6, 6.07) is 6.76. The Morgan fingerprint density at radius 2 is 2.09 bits per heavy atom. The van der Waals surface area contributed by atoms with Gasteiger partial charge in [0.05, 0.1) is 12.7 Å². The van der Waals surface area contributed by atoms with Crippen LogP contribution in [0.25, 0.3) is 0 Å². The molecule has 1 aromatic carbocycles. The largest absolute Gasteiger partial charge is 0.493 e. The number of ether oxygens (including phenoxy) is 2. The number of nitrogens with zero attached hydrogens (tertiary/aromatic N) is 1. The average molecular weight is 334 g/mol. The van der Waals surface area contributed by atoms with Gasteiger partial charge in [-0.05, 0) is 34.5 Å². The van der Waals surface area contributed by atoms with Crippen molar-refractivity contribution in [2.45, 2.75) is 6.54 Å². The molecule has 0 unspecified atom stereocenters. The number of para-hydroxylation sites is 1. The summed E-state index contributed by atoms with van der Waals surface area (Å²) in [6.07, 6.45) is 0.